The minimum Gasteiger partial charge on any atom is -0.334 e. The van der Waals surface area contributed by atoms with Crippen LogP contribution in [0.5, 0.6) is 0 Å². The zero-order valence-electron chi connectivity index (χ0n) is 17.1. The number of nitrogens with zero attached hydrogens (tertiary/aromatic N) is 1. The van der Waals surface area contributed by atoms with Crippen LogP contribution < -0.4 is 10.6 Å². The highest BCUT2D eigenvalue weighted by molar-refractivity contribution is 6.06. The number of imide groups is 1. The molecule has 4 rings (SSSR count). The number of carbonyl (C=O) groups excluding carboxylic acids is 3. The summed E-state index contributed by atoms with van der Waals surface area (Å²) in [5.74, 6) is -0.981. The zero-order chi connectivity index (χ0) is 23.5. The second-order valence-corrected chi connectivity index (χ2v) is 7.38. The fraction of sp³-hybridized carbons (Fsp3) is 0.318. The predicted octanol–water partition coefficient (Wildman–Crippen LogP) is 4.01. The van der Waals surface area contributed by atoms with Crippen molar-refractivity contribution in [2.45, 2.75) is 38.5 Å². The molecule has 0 aromatic heterocycles. The van der Waals surface area contributed by atoms with Crippen molar-refractivity contribution in [3.05, 3.63) is 70.6 Å². The average molecular weight is 451 g/mol. The molecule has 1 unspecified atom stereocenters. The van der Waals surface area contributed by atoms with Crippen LogP contribution in [-0.4, -0.2) is 35.3 Å². The molecule has 2 N–H and O–H groups in total. The maximum atomic E-state index is 12.9. The van der Waals surface area contributed by atoms with Gasteiger partial charge >= 0.3 is 12.2 Å². The minimum atomic E-state index is -4.40. The van der Waals surface area contributed by atoms with E-state index in [4.69, 9.17) is 0 Å². The lowest BCUT2D eigenvalue weighted by Crippen LogP contribution is -2.30. The summed E-state index contributed by atoms with van der Waals surface area (Å²) >= 11 is 0. The molecule has 1 aromatic carbocycles. The summed E-state index contributed by atoms with van der Waals surface area (Å²) < 4.78 is 50.4. The van der Waals surface area contributed by atoms with Crippen LogP contribution in [0.1, 0.15) is 41.3 Å². The average Bonchev–Trinajstić information content (AvgIpc) is 3.12. The van der Waals surface area contributed by atoms with E-state index in [0.29, 0.717) is 24.2 Å². The van der Waals surface area contributed by atoms with Gasteiger partial charge in [-0.1, -0.05) is 31.2 Å². The number of nitrogens with one attached hydrogen (secondary N) is 2. The highest BCUT2D eigenvalue weighted by Gasteiger charge is 2.34. The topological polar surface area (TPSA) is 78.5 Å². The van der Waals surface area contributed by atoms with Gasteiger partial charge in [-0.15, -0.1) is 0 Å². The third-order valence-electron chi connectivity index (χ3n) is 5.00. The van der Waals surface area contributed by atoms with Gasteiger partial charge < -0.3 is 10.2 Å². The van der Waals surface area contributed by atoms with Crippen LogP contribution in [0.15, 0.2) is 53.9 Å². The first-order chi connectivity index (χ1) is 15.1. The summed E-state index contributed by atoms with van der Waals surface area (Å²) in [7, 11) is 0. The van der Waals surface area contributed by atoms with Crippen LogP contribution in [-0.2, 0) is 17.5 Å². The lowest BCUT2D eigenvalue weighted by Gasteiger charge is -2.13. The van der Waals surface area contributed by atoms with Gasteiger partial charge in [0.2, 0.25) is 0 Å². The molecular formula is C22H21F4N3O3. The lowest BCUT2D eigenvalue weighted by atomic mass is 10.1. The molecule has 1 atom stereocenters. The van der Waals surface area contributed by atoms with Crippen LogP contribution in [0.3, 0.4) is 0 Å². The van der Waals surface area contributed by atoms with Gasteiger partial charge in [0.1, 0.15) is 11.9 Å². The number of alkyl halides is 3. The lowest BCUT2D eigenvalue weighted by molar-refractivity contribution is -0.137. The van der Waals surface area contributed by atoms with Gasteiger partial charge in [-0.2, -0.15) is 13.2 Å². The largest absolute Gasteiger partial charge is 0.416 e. The van der Waals surface area contributed by atoms with Crippen molar-refractivity contribution in [1.82, 2.24) is 15.5 Å². The Hall–Kier alpha value is -3.43. The minimum absolute atomic E-state index is 0.188. The number of benzene rings is 1. The molecule has 0 bridgehead atoms. The molecule has 2 aliphatic heterocycles. The van der Waals surface area contributed by atoms with Gasteiger partial charge in [0, 0.05) is 25.1 Å². The molecule has 170 valence electrons. The molecule has 1 fully saturated rings. The standard InChI is InChI=1S/C12H12F3NO.C10H9FN2O2/c1-2-5-16-7-8-3-4-9(12(13,14)15)6-10(8)11(16)17;11-7-3-1-2-6(4-5-7)8-9(14)13-10(15)12-8/h3-4,6H,2,5,7H2,1H3;1-2,4-5,8H,3H2,(H2,12,13,14,15). The van der Waals surface area contributed by atoms with E-state index in [1.807, 2.05) is 6.92 Å². The Morgan fingerprint density at radius 3 is 2.53 bits per heavy atom. The Bertz CT molecular complexity index is 1030. The first-order valence-electron chi connectivity index (χ1n) is 9.93. The van der Waals surface area contributed by atoms with E-state index in [0.717, 1.165) is 18.6 Å². The van der Waals surface area contributed by atoms with Crippen LogP contribution in [0, 0.1) is 0 Å². The van der Waals surface area contributed by atoms with E-state index in [1.54, 1.807) is 17.1 Å². The normalized spacial score (nSPS) is 20.0. The number of allylic oxidation sites excluding steroid dienone is 4. The van der Waals surface area contributed by atoms with E-state index >= 15 is 0 Å². The van der Waals surface area contributed by atoms with E-state index in [-0.39, 0.29) is 23.7 Å². The zero-order valence-corrected chi connectivity index (χ0v) is 17.1. The fourth-order valence-corrected chi connectivity index (χ4v) is 3.45. The predicted molar refractivity (Wildman–Crippen MR) is 108 cm³/mol. The molecule has 0 spiro atoms. The molecule has 32 heavy (non-hydrogen) atoms. The third-order valence-corrected chi connectivity index (χ3v) is 5.00. The number of rotatable bonds is 3. The van der Waals surface area contributed by atoms with E-state index in [9.17, 15) is 31.9 Å². The number of urea groups is 1. The molecular weight excluding hydrogens is 430 g/mol. The van der Waals surface area contributed by atoms with Gasteiger partial charge in [-0.3, -0.25) is 14.9 Å². The Morgan fingerprint density at radius 2 is 1.91 bits per heavy atom. The quantitative estimate of drug-likeness (QED) is 0.539. The van der Waals surface area contributed by atoms with Crippen molar-refractivity contribution < 1.29 is 31.9 Å². The monoisotopic (exact) mass is 451 g/mol. The van der Waals surface area contributed by atoms with Crippen molar-refractivity contribution in [3.63, 3.8) is 0 Å². The van der Waals surface area contributed by atoms with Crippen LogP contribution >= 0.6 is 0 Å². The van der Waals surface area contributed by atoms with Crippen molar-refractivity contribution >= 4 is 17.8 Å². The maximum absolute atomic E-state index is 12.9. The Balaban J connectivity index is 0.000000182. The van der Waals surface area contributed by atoms with E-state index < -0.39 is 29.7 Å². The number of carbonyl (C=O) groups is 3. The Morgan fingerprint density at radius 1 is 1.16 bits per heavy atom. The third kappa shape index (κ3) is 5.24. The first kappa shape index (κ1) is 23.2. The maximum Gasteiger partial charge on any atom is 0.416 e. The van der Waals surface area contributed by atoms with Crippen molar-refractivity contribution in [3.8, 4) is 0 Å². The van der Waals surface area contributed by atoms with Crippen molar-refractivity contribution in [2.75, 3.05) is 6.54 Å². The summed E-state index contributed by atoms with van der Waals surface area (Å²) in [6.07, 6.45) is 2.66. The molecule has 0 radical (unpaired) electrons. The van der Waals surface area contributed by atoms with Crippen LogP contribution in [0.2, 0.25) is 0 Å². The molecule has 10 heteroatoms. The van der Waals surface area contributed by atoms with E-state index in [2.05, 4.69) is 10.6 Å². The molecule has 0 saturated carbocycles. The Labute approximate surface area is 181 Å². The first-order valence-corrected chi connectivity index (χ1v) is 9.93. The number of amides is 4. The van der Waals surface area contributed by atoms with Gasteiger partial charge in [0.25, 0.3) is 11.8 Å². The smallest absolute Gasteiger partial charge is 0.334 e. The highest BCUT2D eigenvalue weighted by atomic mass is 19.4. The summed E-state index contributed by atoms with van der Waals surface area (Å²) in [6.45, 7) is 2.92. The molecule has 4 amide bonds. The van der Waals surface area contributed by atoms with Crippen LogP contribution in [0.4, 0.5) is 22.4 Å². The molecule has 6 nitrogen and oxygen atoms in total. The number of hydrogen-bond acceptors (Lipinski definition) is 3. The molecule has 1 saturated heterocycles. The molecule has 3 aliphatic rings. The van der Waals surface area contributed by atoms with Gasteiger partial charge in [0.05, 0.1) is 5.56 Å². The molecule has 1 aliphatic carbocycles. The number of fused-ring (bicyclic) bond motifs is 1. The summed E-state index contributed by atoms with van der Waals surface area (Å²) in [5, 5.41) is 4.56. The van der Waals surface area contributed by atoms with Crippen molar-refractivity contribution in [1.29, 1.82) is 0 Å². The summed E-state index contributed by atoms with van der Waals surface area (Å²) in [6, 6.07) is 2.14. The molecule has 1 aromatic rings. The number of hydrogen-bond donors (Lipinski definition) is 2. The SMILES string of the molecule is CCCN1Cc2ccc(C(F)(F)F)cc2C1=O.O=C1NC(=O)C(C2=CC=C(F)CC=C2)N1. The second-order valence-electron chi connectivity index (χ2n) is 7.38. The van der Waals surface area contributed by atoms with Gasteiger partial charge in [-0.05, 0) is 35.8 Å². The second kappa shape index (κ2) is 9.37. The fourth-order valence-electron chi connectivity index (χ4n) is 3.45. The van der Waals surface area contributed by atoms with Crippen LogP contribution in [0.25, 0.3) is 0 Å². The summed E-state index contributed by atoms with van der Waals surface area (Å²) in [5.41, 5.74) is 0.679. The van der Waals surface area contributed by atoms with E-state index in [1.165, 1.54) is 18.2 Å². The van der Waals surface area contributed by atoms with Gasteiger partial charge in [-0.25, -0.2) is 9.18 Å². The summed E-state index contributed by atoms with van der Waals surface area (Å²) in [4.78, 5) is 35.6. The Kier molecular flexibility index (Phi) is 6.81. The number of halogens is 4. The molecule has 2 heterocycles. The van der Waals surface area contributed by atoms with Crippen molar-refractivity contribution in [2.24, 2.45) is 0 Å². The van der Waals surface area contributed by atoms with Gasteiger partial charge in [0.15, 0.2) is 0 Å². The highest BCUT2D eigenvalue weighted by Crippen LogP contribution is 2.33.